The van der Waals surface area contributed by atoms with Gasteiger partial charge in [0.05, 0.1) is 10.3 Å². The normalized spacial score (nSPS) is 44.0. The lowest BCUT2D eigenvalue weighted by Gasteiger charge is -1.95. The van der Waals surface area contributed by atoms with Crippen molar-refractivity contribution in [3.63, 3.8) is 0 Å². The number of aldehydes is 1. The van der Waals surface area contributed by atoms with Crippen molar-refractivity contribution in [3.05, 3.63) is 0 Å². The van der Waals surface area contributed by atoms with Crippen LogP contribution in [0, 0.1) is 0 Å². The molecule has 0 heterocycles. The second kappa shape index (κ2) is 1.89. The van der Waals surface area contributed by atoms with Gasteiger partial charge in [0.15, 0.2) is 0 Å². The first-order valence-electron chi connectivity index (χ1n) is 2.46. The lowest BCUT2D eigenvalue weighted by atomic mass is 10.3. The minimum Gasteiger partial charge on any atom is -0.303 e. The molecule has 1 aliphatic carbocycles. The monoisotopic (exact) mass is 152 g/mol. The standard InChI is InChI=1S/C5H6Cl2O/c6-4-3-5(4,7)1-2-8/h2,4H,1,3H2. The van der Waals surface area contributed by atoms with Crippen LogP contribution in [0.5, 0.6) is 0 Å². The van der Waals surface area contributed by atoms with Crippen LogP contribution in [0.2, 0.25) is 0 Å². The molecule has 3 heteroatoms. The Bertz CT molecular complexity index is 115. The van der Waals surface area contributed by atoms with Gasteiger partial charge in [0.2, 0.25) is 0 Å². The van der Waals surface area contributed by atoms with Crippen molar-refractivity contribution in [3.8, 4) is 0 Å². The summed E-state index contributed by atoms with van der Waals surface area (Å²) in [7, 11) is 0. The molecule has 2 atom stereocenters. The van der Waals surface area contributed by atoms with Crippen LogP contribution in [0.3, 0.4) is 0 Å². The van der Waals surface area contributed by atoms with Gasteiger partial charge in [0.1, 0.15) is 6.29 Å². The highest BCUT2D eigenvalue weighted by molar-refractivity contribution is 6.37. The van der Waals surface area contributed by atoms with E-state index in [9.17, 15) is 4.79 Å². The first-order valence-corrected chi connectivity index (χ1v) is 3.27. The Morgan fingerprint density at radius 2 is 2.38 bits per heavy atom. The average Bonchev–Trinajstić information content (AvgIpc) is 2.16. The molecule has 0 amide bonds. The van der Waals surface area contributed by atoms with Gasteiger partial charge in [-0.2, -0.15) is 0 Å². The zero-order chi connectivity index (χ0) is 6.20. The molecular weight excluding hydrogens is 147 g/mol. The Morgan fingerprint density at radius 1 is 1.88 bits per heavy atom. The third kappa shape index (κ3) is 0.981. The molecule has 1 aliphatic rings. The van der Waals surface area contributed by atoms with Gasteiger partial charge in [0.25, 0.3) is 0 Å². The topological polar surface area (TPSA) is 17.1 Å². The average molecular weight is 153 g/mol. The molecule has 1 rings (SSSR count). The van der Waals surface area contributed by atoms with Gasteiger partial charge in [0, 0.05) is 6.42 Å². The third-order valence-electron chi connectivity index (χ3n) is 1.34. The first-order chi connectivity index (χ1) is 3.69. The molecule has 2 unspecified atom stereocenters. The van der Waals surface area contributed by atoms with Crippen molar-refractivity contribution in [1.82, 2.24) is 0 Å². The quantitative estimate of drug-likeness (QED) is 0.434. The summed E-state index contributed by atoms with van der Waals surface area (Å²) in [6.07, 6.45) is 1.98. The van der Waals surface area contributed by atoms with Gasteiger partial charge in [-0.1, -0.05) is 0 Å². The Labute approximate surface area is 58.0 Å². The number of hydrogen-bond donors (Lipinski definition) is 0. The van der Waals surface area contributed by atoms with Crippen molar-refractivity contribution >= 4 is 29.5 Å². The zero-order valence-corrected chi connectivity index (χ0v) is 5.74. The summed E-state index contributed by atoms with van der Waals surface area (Å²) >= 11 is 11.3. The number of hydrogen-bond acceptors (Lipinski definition) is 1. The molecule has 1 saturated carbocycles. The molecule has 0 N–H and O–H groups in total. The van der Waals surface area contributed by atoms with E-state index in [1.165, 1.54) is 0 Å². The SMILES string of the molecule is O=CCC1(Cl)CC1Cl. The predicted molar refractivity (Wildman–Crippen MR) is 33.5 cm³/mol. The molecular formula is C5H6Cl2O. The van der Waals surface area contributed by atoms with Crippen molar-refractivity contribution in [2.75, 3.05) is 0 Å². The highest BCUT2D eigenvalue weighted by atomic mass is 35.5. The van der Waals surface area contributed by atoms with Gasteiger partial charge in [-0.05, 0) is 6.42 Å². The van der Waals surface area contributed by atoms with Crippen LogP contribution in [-0.4, -0.2) is 16.5 Å². The van der Waals surface area contributed by atoms with E-state index in [2.05, 4.69) is 0 Å². The molecule has 1 nitrogen and oxygen atoms in total. The second-order valence-corrected chi connectivity index (χ2v) is 3.36. The first kappa shape index (κ1) is 6.37. The Morgan fingerprint density at radius 3 is 2.50 bits per heavy atom. The fraction of sp³-hybridized carbons (Fsp3) is 0.800. The smallest absolute Gasteiger partial charge is 0.121 e. The molecule has 0 saturated heterocycles. The summed E-state index contributed by atoms with van der Waals surface area (Å²) < 4.78 is 0. The van der Waals surface area contributed by atoms with E-state index in [1.807, 2.05) is 0 Å². The largest absolute Gasteiger partial charge is 0.303 e. The maximum absolute atomic E-state index is 9.86. The Balaban J connectivity index is 2.35. The van der Waals surface area contributed by atoms with Crippen molar-refractivity contribution in [2.45, 2.75) is 23.1 Å². The fourth-order valence-electron chi connectivity index (χ4n) is 0.589. The van der Waals surface area contributed by atoms with Crippen molar-refractivity contribution in [1.29, 1.82) is 0 Å². The molecule has 0 aliphatic heterocycles. The summed E-state index contributed by atoms with van der Waals surface area (Å²) in [5.74, 6) is 0. The Hall–Kier alpha value is 0.250. The molecule has 0 aromatic carbocycles. The van der Waals surface area contributed by atoms with Gasteiger partial charge in [-0.3, -0.25) is 0 Å². The van der Waals surface area contributed by atoms with E-state index >= 15 is 0 Å². The lowest BCUT2D eigenvalue weighted by molar-refractivity contribution is -0.107. The summed E-state index contributed by atoms with van der Waals surface area (Å²) in [5.41, 5.74) is 0. The van der Waals surface area contributed by atoms with Crippen LogP contribution in [0.1, 0.15) is 12.8 Å². The Kier molecular flexibility index (Phi) is 1.50. The third-order valence-corrected chi connectivity index (χ3v) is 2.60. The van der Waals surface area contributed by atoms with E-state index < -0.39 is 0 Å². The summed E-state index contributed by atoms with van der Waals surface area (Å²) in [6, 6.07) is 0. The molecule has 0 aromatic heterocycles. The minimum atomic E-state index is -0.372. The van der Waals surface area contributed by atoms with Crippen LogP contribution >= 0.6 is 23.2 Å². The molecule has 0 bridgehead atoms. The van der Waals surface area contributed by atoms with Crippen molar-refractivity contribution in [2.24, 2.45) is 0 Å². The fourth-order valence-corrected chi connectivity index (χ4v) is 1.25. The molecule has 46 valence electrons. The molecule has 0 spiro atoms. The van der Waals surface area contributed by atoms with E-state index in [0.717, 1.165) is 12.7 Å². The summed E-state index contributed by atoms with van der Waals surface area (Å²) in [5, 5.41) is 0.0226. The number of alkyl halides is 2. The van der Waals surface area contributed by atoms with E-state index in [4.69, 9.17) is 23.2 Å². The maximum atomic E-state index is 9.86. The number of carbonyl (C=O) groups is 1. The molecule has 8 heavy (non-hydrogen) atoms. The van der Waals surface area contributed by atoms with E-state index in [1.54, 1.807) is 0 Å². The van der Waals surface area contributed by atoms with Crippen LogP contribution in [0.25, 0.3) is 0 Å². The van der Waals surface area contributed by atoms with Crippen LogP contribution in [-0.2, 0) is 4.79 Å². The maximum Gasteiger partial charge on any atom is 0.121 e. The van der Waals surface area contributed by atoms with Crippen molar-refractivity contribution < 1.29 is 4.79 Å². The highest BCUT2D eigenvalue weighted by Crippen LogP contribution is 2.49. The van der Waals surface area contributed by atoms with Gasteiger partial charge in [-0.25, -0.2) is 0 Å². The van der Waals surface area contributed by atoms with E-state index in [-0.39, 0.29) is 10.3 Å². The summed E-state index contributed by atoms with van der Waals surface area (Å²) in [4.78, 5) is 9.49. The number of carbonyl (C=O) groups excluding carboxylic acids is 1. The second-order valence-electron chi connectivity index (χ2n) is 2.08. The predicted octanol–water partition coefficient (Wildman–Crippen LogP) is 1.56. The van der Waals surface area contributed by atoms with Gasteiger partial charge < -0.3 is 4.79 Å². The number of rotatable bonds is 2. The van der Waals surface area contributed by atoms with Crippen LogP contribution in [0.15, 0.2) is 0 Å². The highest BCUT2D eigenvalue weighted by Gasteiger charge is 2.51. The molecule has 0 radical (unpaired) electrons. The molecule has 0 aromatic rings. The lowest BCUT2D eigenvalue weighted by Crippen LogP contribution is -2.01. The minimum absolute atomic E-state index is 0.0226. The molecule has 1 fully saturated rings. The summed E-state index contributed by atoms with van der Waals surface area (Å²) in [6.45, 7) is 0. The van der Waals surface area contributed by atoms with Gasteiger partial charge in [-0.15, -0.1) is 23.2 Å². The van der Waals surface area contributed by atoms with Crippen LogP contribution in [0.4, 0.5) is 0 Å². The number of halogens is 2. The zero-order valence-electron chi connectivity index (χ0n) is 4.23. The van der Waals surface area contributed by atoms with Crippen LogP contribution < -0.4 is 0 Å². The van der Waals surface area contributed by atoms with Gasteiger partial charge >= 0.3 is 0 Å². The van der Waals surface area contributed by atoms with E-state index in [0.29, 0.717) is 6.42 Å².